The second-order valence-electron chi connectivity index (χ2n) is 5.05. The fourth-order valence-electron chi connectivity index (χ4n) is 2.21. The normalized spacial score (nSPS) is 10.1. The van der Waals surface area contributed by atoms with Crippen LogP contribution in [0, 0.1) is 0 Å². The van der Waals surface area contributed by atoms with Gasteiger partial charge in [0.05, 0.1) is 0 Å². The zero-order valence-corrected chi connectivity index (χ0v) is 12.5. The third-order valence-corrected chi connectivity index (χ3v) is 3.28. The molecule has 0 aliphatic heterocycles. The van der Waals surface area contributed by atoms with Crippen LogP contribution < -0.4 is 5.32 Å². The van der Waals surface area contributed by atoms with E-state index < -0.39 is 0 Å². The molecule has 1 N–H and O–H groups in total. The Hall–Kier alpha value is -2.29. The van der Waals surface area contributed by atoms with Crippen molar-refractivity contribution in [2.45, 2.75) is 26.4 Å². The Kier molecular flexibility index (Phi) is 5.83. The molecule has 0 aliphatic carbocycles. The lowest BCUT2D eigenvalue weighted by Crippen LogP contribution is -2.39. The van der Waals surface area contributed by atoms with E-state index >= 15 is 0 Å². The van der Waals surface area contributed by atoms with Crippen molar-refractivity contribution < 1.29 is 4.79 Å². The van der Waals surface area contributed by atoms with Crippen molar-refractivity contribution in [2.75, 3.05) is 6.54 Å². The van der Waals surface area contributed by atoms with Crippen molar-refractivity contribution in [1.29, 1.82) is 0 Å². The fraction of sp³-hybridized carbons (Fsp3) is 0.278. The topological polar surface area (TPSA) is 32.3 Å². The minimum Gasteiger partial charge on any atom is -0.334 e. The molecule has 0 heterocycles. The number of carbonyl (C=O) groups is 1. The predicted molar refractivity (Wildman–Crippen MR) is 85.8 cm³/mol. The molecule has 0 fully saturated rings. The van der Waals surface area contributed by atoms with Gasteiger partial charge in [0.25, 0.3) is 0 Å². The Morgan fingerprint density at radius 3 is 2.10 bits per heavy atom. The van der Waals surface area contributed by atoms with Crippen LogP contribution in [0.25, 0.3) is 0 Å². The first kappa shape index (κ1) is 15.1. The van der Waals surface area contributed by atoms with Crippen LogP contribution in [0.2, 0.25) is 0 Å². The van der Waals surface area contributed by atoms with E-state index in [1.807, 2.05) is 65.6 Å². The van der Waals surface area contributed by atoms with Crippen LogP contribution in [0.4, 0.5) is 4.79 Å². The molecule has 0 bridgehead atoms. The van der Waals surface area contributed by atoms with Gasteiger partial charge in [-0.15, -0.1) is 0 Å². The zero-order chi connectivity index (χ0) is 14.9. The first-order valence-electron chi connectivity index (χ1n) is 7.40. The molecule has 2 aromatic rings. The van der Waals surface area contributed by atoms with Gasteiger partial charge in [-0.3, -0.25) is 0 Å². The number of carbonyl (C=O) groups excluding carboxylic acids is 1. The van der Waals surface area contributed by atoms with Crippen molar-refractivity contribution in [3.63, 3.8) is 0 Å². The molecule has 0 aliphatic rings. The lowest BCUT2D eigenvalue weighted by Gasteiger charge is -2.22. The maximum atomic E-state index is 12.3. The maximum Gasteiger partial charge on any atom is 0.317 e. The molecule has 21 heavy (non-hydrogen) atoms. The molecule has 0 radical (unpaired) electrons. The van der Waals surface area contributed by atoms with E-state index in [0.29, 0.717) is 13.1 Å². The minimum absolute atomic E-state index is 0.00967. The number of urea groups is 1. The second-order valence-corrected chi connectivity index (χ2v) is 5.05. The SMILES string of the molecule is CCCN(Cc1ccccc1)C(=O)NCc1ccccc1. The highest BCUT2D eigenvalue weighted by Gasteiger charge is 2.12. The Morgan fingerprint density at radius 2 is 1.52 bits per heavy atom. The van der Waals surface area contributed by atoms with Crippen LogP contribution in [-0.4, -0.2) is 17.5 Å². The van der Waals surface area contributed by atoms with Gasteiger partial charge in [-0.2, -0.15) is 0 Å². The quantitative estimate of drug-likeness (QED) is 0.858. The van der Waals surface area contributed by atoms with Gasteiger partial charge < -0.3 is 10.2 Å². The summed E-state index contributed by atoms with van der Waals surface area (Å²) in [6.07, 6.45) is 0.950. The van der Waals surface area contributed by atoms with Crippen molar-refractivity contribution >= 4 is 6.03 Å². The number of amides is 2. The predicted octanol–water partition coefficient (Wildman–Crippen LogP) is 3.81. The molecule has 3 heteroatoms. The van der Waals surface area contributed by atoms with Crippen LogP contribution >= 0.6 is 0 Å². The first-order chi connectivity index (χ1) is 10.3. The van der Waals surface area contributed by atoms with Crippen molar-refractivity contribution in [1.82, 2.24) is 10.2 Å². The summed E-state index contributed by atoms with van der Waals surface area (Å²) in [6, 6.07) is 20.0. The van der Waals surface area contributed by atoms with Gasteiger partial charge in [0.1, 0.15) is 0 Å². The lowest BCUT2D eigenvalue weighted by molar-refractivity contribution is 0.194. The number of nitrogens with one attached hydrogen (secondary N) is 1. The van der Waals surface area contributed by atoms with E-state index in [4.69, 9.17) is 0 Å². The fourth-order valence-corrected chi connectivity index (χ4v) is 2.21. The van der Waals surface area contributed by atoms with E-state index in [1.165, 1.54) is 0 Å². The summed E-state index contributed by atoms with van der Waals surface area (Å²) in [4.78, 5) is 14.2. The monoisotopic (exact) mass is 282 g/mol. The molecule has 0 aromatic heterocycles. The molecule has 2 amide bonds. The molecule has 3 nitrogen and oxygen atoms in total. The Bertz CT molecular complexity index is 540. The van der Waals surface area contributed by atoms with Crippen LogP contribution in [-0.2, 0) is 13.1 Å². The molecule has 2 rings (SSSR count). The summed E-state index contributed by atoms with van der Waals surface area (Å²) in [5.74, 6) is 0. The van der Waals surface area contributed by atoms with Gasteiger partial charge in [0.2, 0.25) is 0 Å². The molecule has 0 atom stereocenters. The van der Waals surface area contributed by atoms with E-state index in [9.17, 15) is 4.79 Å². The number of nitrogens with zero attached hydrogens (tertiary/aromatic N) is 1. The maximum absolute atomic E-state index is 12.3. The highest BCUT2D eigenvalue weighted by molar-refractivity contribution is 5.74. The highest BCUT2D eigenvalue weighted by atomic mass is 16.2. The molecular weight excluding hydrogens is 260 g/mol. The minimum atomic E-state index is -0.00967. The van der Waals surface area contributed by atoms with Gasteiger partial charge in [0, 0.05) is 19.6 Å². The summed E-state index contributed by atoms with van der Waals surface area (Å²) < 4.78 is 0. The molecule has 2 aromatic carbocycles. The summed E-state index contributed by atoms with van der Waals surface area (Å²) in [7, 11) is 0. The third-order valence-electron chi connectivity index (χ3n) is 3.28. The van der Waals surface area contributed by atoms with Gasteiger partial charge >= 0.3 is 6.03 Å². The van der Waals surface area contributed by atoms with E-state index in [2.05, 4.69) is 12.2 Å². The third kappa shape index (κ3) is 4.95. The molecule has 110 valence electrons. The Morgan fingerprint density at radius 1 is 0.952 bits per heavy atom. The van der Waals surface area contributed by atoms with Gasteiger partial charge in [-0.1, -0.05) is 67.6 Å². The molecule has 0 saturated carbocycles. The standard InChI is InChI=1S/C18H22N2O/c1-2-13-20(15-17-11-7-4-8-12-17)18(21)19-14-16-9-5-3-6-10-16/h3-12H,2,13-15H2,1H3,(H,19,21). The van der Waals surface area contributed by atoms with Gasteiger partial charge in [-0.05, 0) is 17.5 Å². The zero-order valence-electron chi connectivity index (χ0n) is 12.5. The lowest BCUT2D eigenvalue weighted by atomic mass is 10.2. The average Bonchev–Trinajstić information content (AvgIpc) is 2.54. The highest BCUT2D eigenvalue weighted by Crippen LogP contribution is 2.06. The van der Waals surface area contributed by atoms with E-state index in [1.54, 1.807) is 0 Å². The number of benzene rings is 2. The largest absolute Gasteiger partial charge is 0.334 e. The van der Waals surface area contributed by atoms with Crippen LogP contribution in [0.15, 0.2) is 60.7 Å². The second kappa shape index (κ2) is 8.10. The molecule has 0 saturated heterocycles. The molecule has 0 unspecified atom stereocenters. The van der Waals surface area contributed by atoms with E-state index in [0.717, 1.165) is 24.1 Å². The van der Waals surface area contributed by atoms with Gasteiger partial charge in [-0.25, -0.2) is 4.79 Å². The first-order valence-corrected chi connectivity index (χ1v) is 7.40. The van der Waals surface area contributed by atoms with E-state index in [-0.39, 0.29) is 6.03 Å². The Labute approximate surface area is 126 Å². The van der Waals surface area contributed by atoms with Crippen molar-refractivity contribution in [3.8, 4) is 0 Å². The summed E-state index contributed by atoms with van der Waals surface area (Å²) in [5.41, 5.74) is 2.27. The molecular formula is C18H22N2O. The average molecular weight is 282 g/mol. The smallest absolute Gasteiger partial charge is 0.317 e. The summed E-state index contributed by atoms with van der Waals surface area (Å²) in [5, 5.41) is 2.99. The number of rotatable bonds is 6. The summed E-state index contributed by atoms with van der Waals surface area (Å²) in [6.45, 7) is 4.06. The number of hydrogen-bond donors (Lipinski definition) is 1. The Balaban J connectivity index is 1.92. The van der Waals surface area contributed by atoms with Gasteiger partial charge in [0.15, 0.2) is 0 Å². The van der Waals surface area contributed by atoms with Crippen molar-refractivity contribution in [3.05, 3.63) is 71.8 Å². The summed E-state index contributed by atoms with van der Waals surface area (Å²) >= 11 is 0. The van der Waals surface area contributed by atoms with Crippen LogP contribution in [0.5, 0.6) is 0 Å². The van der Waals surface area contributed by atoms with Crippen LogP contribution in [0.3, 0.4) is 0 Å². The number of hydrogen-bond acceptors (Lipinski definition) is 1. The van der Waals surface area contributed by atoms with Crippen molar-refractivity contribution in [2.24, 2.45) is 0 Å². The van der Waals surface area contributed by atoms with Crippen LogP contribution in [0.1, 0.15) is 24.5 Å². The molecule has 0 spiro atoms.